The van der Waals surface area contributed by atoms with Crippen molar-refractivity contribution in [3.05, 3.63) is 35.4 Å². The highest BCUT2D eigenvalue weighted by Gasteiger charge is 2.25. The van der Waals surface area contributed by atoms with E-state index in [9.17, 15) is 14.7 Å². The van der Waals surface area contributed by atoms with Gasteiger partial charge in [0, 0.05) is 24.7 Å². The van der Waals surface area contributed by atoms with Crippen LogP contribution >= 0.6 is 0 Å². The summed E-state index contributed by atoms with van der Waals surface area (Å²) in [5, 5.41) is 12.9. The first-order chi connectivity index (χ1) is 11.7. The van der Waals surface area contributed by atoms with E-state index in [2.05, 4.69) is 26.1 Å². The zero-order chi connectivity index (χ0) is 18.6. The topological polar surface area (TPSA) is 69.6 Å². The number of aliphatic hydroxyl groups excluding tert-OH is 1. The van der Waals surface area contributed by atoms with E-state index in [0.717, 1.165) is 25.7 Å². The summed E-state index contributed by atoms with van der Waals surface area (Å²) in [6.07, 6.45) is 3.04. The Morgan fingerprint density at radius 3 is 2.48 bits per heavy atom. The number of aliphatic hydroxyl groups is 1. The molecular weight excluding hydrogens is 316 g/mol. The first-order valence-electron chi connectivity index (χ1n) is 9.02. The van der Waals surface area contributed by atoms with E-state index in [4.69, 9.17) is 0 Å². The third-order valence-corrected chi connectivity index (χ3v) is 4.48. The molecular formula is C20H30N2O3. The molecule has 0 heterocycles. The van der Waals surface area contributed by atoms with Crippen LogP contribution in [0.2, 0.25) is 0 Å². The number of carbonyl (C=O) groups is 2. The zero-order valence-corrected chi connectivity index (χ0v) is 15.7. The summed E-state index contributed by atoms with van der Waals surface area (Å²) in [4.78, 5) is 26.8. The highest BCUT2D eigenvalue weighted by Crippen LogP contribution is 2.19. The van der Waals surface area contributed by atoms with Crippen molar-refractivity contribution in [2.24, 2.45) is 5.41 Å². The lowest BCUT2D eigenvalue weighted by Crippen LogP contribution is -2.45. The number of rotatable bonds is 4. The van der Waals surface area contributed by atoms with Crippen molar-refractivity contribution in [1.82, 2.24) is 10.2 Å². The molecule has 5 heteroatoms. The molecule has 1 fully saturated rings. The van der Waals surface area contributed by atoms with E-state index in [-0.39, 0.29) is 23.3 Å². The van der Waals surface area contributed by atoms with Gasteiger partial charge in [-0.1, -0.05) is 39.7 Å². The number of amides is 2. The first kappa shape index (κ1) is 19.4. The number of nitrogens with zero attached hydrogens (tertiary/aromatic N) is 1. The highest BCUT2D eigenvalue weighted by molar-refractivity contribution is 5.99. The summed E-state index contributed by atoms with van der Waals surface area (Å²) in [7, 11) is 1.78. The normalized spacial score (nSPS) is 20.8. The molecule has 0 aliphatic heterocycles. The molecule has 0 saturated heterocycles. The first-order valence-corrected chi connectivity index (χ1v) is 9.02. The Hall–Kier alpha value is -1.88. The lowest BCUT2D eigenvalue weighted by molar-refractivity contribution is 0.0716. The van der Waals surface area contributed by atoms with Crippen molar-refractivity contribution >= 4 is 11.8 Å². The van der Waals surface area contributed by atoms with E-state index in [1.54, 1.807) is 36.2 Å². The summed E-state index contributed by atoms with van der Waals surface area (Å²) in [5.41, 5.74) is 0.965. The van der Waals surface area contributed by atoms with Gasteiger partial charge in [-0.15, -0.1) is 0 Å². The Bertz CT molecular complexity index is 622. The van der Waals surface area contributed by atoms with Gasteiger partial charge in [0.1, 0.15) is 0 Å². The van der Waals surface area contributed by atoms with Gasteiger partial charge in [0.2, 0.25) is 0 Å². The third-order valence-electron chi connectivity index (χ3n) is 4.48. The number of benzene rings is 1. The van der Waals surface area contributed by atoms with Crippen LogP contribution in [0.5, 0.6) is 0 Å². The van der Waals surface area contributed by atoms with Gasteiger partial charge in [0.15, 0.2) is 0 Å². The molecule has 0 radical (unpaired) electrons. The summed E-state index contributed by atoms with van der Waals surface area (Å²) < 4.78 is 0. The maximum atomic E-state index is 12.6. The SMILES string of the molecule is CN(CC(C)(C)C)C(=O)c1cccc(C(=O)NC2CCCCC2O)c1. The minimum Gasteiger partial charge on any atom is -0.391 e. The van der Waals surface area contributed by atoms with Crippen molar-refractivity contribution in [1.29, 1.82) is 0 Å². The second-order valence-electron chi connectivity index (χ2n) is 8.23. The van der Waals surface area contributed by atoms with Crippen LogP contribution in [0.3, 0.4) is 0 Å². The van der Waals surface area contributed by atoms with Crippen LogP contribution in [0.4, 0.5) is 0 Å². The van der Waals surface area contributed by atoms with Gasteiger partial charge in [-0.25, -0.2) is 0 Å². The number of hydrogen-bond donors (Lipinski definition) is 2. The van der Waals surface area contributed by atoms with Gasteiger partial charge < -0.3 is 15.3 Å². The standard InChI is InChI=1S/C20H30N2O3/c1-20(2,3)13-22(4)19(25)15-9-7-8-14(12-15)18(24)21-16-10-5-6-11-17(16)23/h7-9,12,16-17,23H,5-6,10-11,13H2,1-4H3,(H,21,24). The average Bonchev–Trinajstić information content (AvgIpc) is 2.54. The van der Waals surface area contributed by atoms with Gasteiger partial charge in [-0.05, 0) is 36.5 Å². The molecule has 1 saturated carbocycles. The summed E-state index contributed by atoms with van der Waals surface area (Å²) in [6, 6.07) is 6.58. The lowest BCUT2D eigenvalue weighted by atomic mass is 9.92. The molecule has 0 spiro atoms. The Morgan fingerprint density at radius 1 is 1.20 bits per heavy atom. The Morgan fingerprint density at radius 2 is 1.84 bits per heavy atom. The van der Waals surface area contributed by atoms with Crippen LogP contribution in [0.25, 0.3) is 0 Å². The van der Waals surface area contributed by atoms with E-state index < -0.39 is 6.10 Å². The third kappa shape index (κ3) is 5.56. The minimum absolute atomic E-state index is 0.0104. The predicted octanol–water partition coefficient (Wildman–Crippen LogP) is 2.84. The maximum absolute atomic E-state index is 12.6. The average molecular weight is 346 g/mol. The van der Waals surface area contributed by atoms with E-state index >= 15 is 0 Å². The van der Waals surface area contributed by atoms with E-state index in [0.29, 0.717) is 17.7 Å². The number of carbonyl (C=O) groups excluding carboxylic acids is 2. The smallest absolute Gasteiger partial charge is 0.253 e. The maximum Gasteiger partial charge on any atom is 0.253 e. The second-order valence-corrected chi connectivity index (χ2v) is 8.23. The van der Waals surface area contributed by atoms with Crippen LogP contribution in [0.1, 0.15) is 67.2 Å². The Labute approximate surface area is 150 Å². The van der Waals surface area contributed by atoms with E-state index in [1.807, 2.05) is 0 Å². The van der Waals surface area contributed by atoms with E-state index in [1.165, 1.54) is 0 Å². The number of nitrogens with one attached hydrogen (secondary N) is 1. The molecule has 1 aliphatic rings. The molecule has 1 aromatic carbocycles. The van der Waals surface area contributed by atoms with Crippen LogP contribution in [-0.2, 0) is 0 Å². The fraction of sp³-hybridized carbons (Fsp3) is 0.600. The summed E-state index contributed by atoms with van der Waals surface area (Å²) in [5.74, 6) is -0.332. The molecule has 2 amide bonds. The molecule has 25 heavy (non-hydrogen) atoms. The van der Waals surface area contributed by atoms with Gasteiger partial charge in [-0.2, -0.15) is 0 Å². The van der Waals surface area contributed by atoms with Crippen molar-refractivity contribution in [2.45, 2.75) is 58.6 Å². The van der Waals surface area contributed by atoms with Crippen LogP contribution in [0, 0.1) is 5.41 Å². The van der Waals surface area contributed by atoms with Crippen LogP contribution in [-0.4, -0.2) is 47.6 Å². The monoisotopic (exact) mass is 346 g/mol. The lowest BCUT2D eigenvalue weighted by Gasteiger charge is -2.28. The van der Waals surface area contributed by atoms with Crippen LogP contribution in [0.15, 0.2) is 24.3 Å². The molecule has 0 bridgehead atoms. The molecule has 2 N–H and O–H groups in total. The quantitative estimate of drug-likeness (QED) is 0.881. The van der Waals surface area contributed by atoms with Crippen molar-refractivity contribution in [3.8, 4) is 0 Å². The molecule has 2 atom stereocenters. The predicted molar refractivity (Wildman–Crippen MR) is 98.6 cm³/mol. The fourth-order valence-corrected chi connectivity index (χ4v) is 3.33. The molecule has 0 aromatic heterocycles. The Kier molecular flexibility index (Phi) is 6.22. The fourth-order valence-electron chi connectivity index (χ4n) is 3.33. The summed E-state index contributed by atoms with van der Waals surface area (Å²) in [6.45, 7) is 6.87. The molecule has 1 aliphatic carbocycles. The largest absolute Gasteiger partial charge is 0.391 e. The van der Waals surface area contributed by atoms with Gasteiger partial charge in [0.05, 0.1) is 12.1 Å². The van der Waals surface area contributed by atoms with Gasteiger partial charge >= 0.3 is 0 Å². The molecule has 5 nitrogen and oxygen atoms in total. The Balaban J connectivity index is 2.07. The zero-order valence-electron chi connectivity index (χ0n) is 15.7. The highest BCUT2D eigenvalue weighted by atomic mass is 16.3. The van der Waals surface area contributed by atoms with Crippen molar-refractivity contribution in [2.75, 3.05) is 13.6 Å². The second kappa shape index (κ2) is 8.00. The van der Waals surface area contributed by atoms with Crippen LogP contribution < -0.4 is 5.32 Å². The molecule has 1 aromatic rings. The molecule has 138 valence electrons. The van der Waals surface area contributed by atoms with Crippen molar-refractivity contribution < 1.29 is 14.7 Å². The van der Waals surface area contributed by atoms with Gasteiger partial charge in [0.25, 0.3) is 11.8 Å². The summed E-state index contributed by atoms with van der Waals surface area (Å²) >= 11 is 0. The molecule has 2 rings (SSSR count). The van der Waals surface area contributed by atoms with Gasteiger partial charge in [-0.3, -0.25) is 9.59 Å². The minimum atomic E-state index is -0.486. The number of hydrogen-bond acceptors (Lipinski definition) is 3. The van der Waals surface area contributed by atoms with Crippen molar-refractivity contribution in [3.63, 3.8) is 0 Å². The molecule has 2 unspecified atom stereocenters.